The van der Waals surface area contributed by atoms with E-state index in [4.69, 9.17) is 4.52 Å². The summed E-state index contributed by atoms with van der Waals surface area (Å²) in [5, 5.41) is 6.72. The maximum Gasteiger partial charge on any atom is 0.128 e. The van der Waals surface area contributed by atoms with Crippen LogP contribution in [-0.4, -0.2) is 21.8 Å². The van der Waals surface area contributed by atoms with Crippen molar-refractivity contribution in [3.05, 3.63) is 36.2 Å². The van der Waals surface area contributed by atoms with Crippen LogP contribution in [0.2, 0.25) is 0 Å². The lowest BCUT2D eigenvalue weighted by atomic mass is 10.3. The Morgan fingerprint density at radius 3 is 3.21 bits per heavy atom. The van der Waals surface area contributed by atoms with Gasteiger partial charge in [0.15, 0.2) is 0 Å². The van der Waals surface area contributed by atoms with E-state index in [2.05, 4.69) is 20.0 Å². The predicted molar refractivity (Wildman–Crippen MR) is 50.6 cm³/mol. The molecule has 0 spiro atoms. The van der Waals surface area contributed by atoms with Crippen LogP contribution in [0, 0.1) is 0 Å². The number of aromatic nitrogens is 3. The zero-order valence-corrected chi connectivity index (χ0v) is 7.97. The molecule has 0 saturated carbocycles. The number of hydrogen-bond acceptors (Lipinski definition) is 4. The first-order chi connectivity index (χ1) is 6.90. The van der Waals surface area contributed by atoms with E-state index in [0.717, 1.165) is 24.5 Å². The summed E-state index contributed by atoms with van der Waals surface area (Å²) in [5.74, 6) is 1.01. The van der Waals surface area contributed by atoms with Crippen LogP contribution in [0.3, 0.4) is 0 Å². The van der Waals surface area contributed by atoms with Crippen molar-refractivity contribution < 1.29 is 4.52 Å². The first kappa shape index (κ1) is 8.96. The van der Waals surface area contributed by atoms with Crippen molar-refractivity contribution in [3.8, 4) is 0 Å². The van der Waals surface area contributed by atoms with E-state index >= 15 is 0 Å². The summed E-state index contributed by atoms with van der Waals surface area (Å²) in [6.45, 7) is 1.51. The van der Waals surface area contributed by atoms with Crippen LogP contribution in [-0.2, 0) is 13.1 Å². The lowest BCUT2D eigenvalue weighted by Crippen LogP contribution is -2.12. The van der Waals surface area contributed by atoms with Crippen LogP contribution < -0.4 is 5.32 Å². The Balaban J connectivity index is 2.12. The predicted octanol–water partition coefficient (Wildman–Crippen LogP) is 0.639. The Morgan fingerprint density at radius 2 is 2.50 bits per heavy atom. The van der Waals surface area contributed by atoms with Gasteiger partial charge in [0.05, 0.1) is 19.3 Å². The second-order valence-electron chi connectivity index (χ2n) is 3.03. The van der Waals surface area contributed by atoms with Crippen molar-refractivity contribution in [3.63, 3.8) is 0 Å². The molecular formula is C9H12N4O. The van der Waals surface area contributed by atoms with E-state index in [-0.39, 0.29) is 0 Å². The minimum Gasteiger partial charge on any atom is -0.364 e. The molecule has 14 heavy (non-hydrogen) atoms. The van der Waals surface area contributed by atoms with Crippen LogP contribution >= 0.6 is 0 Å². The van der Waals surface area contributed by atoms with Gasteiger partial charge in [0.25, 0.3) is 0 Å². The van der Waals surface area contributed by atoms with Gasteiger partial charge in [0.2, 0.25) is 0 Å². The van der Waals surface area contributed by atoms with E-state index in [9.17, 15) is 0 Å². The summed E-state index contributed by atoms with van der Waals surface area (Å²) in [5.41, 5.74) is 1.04. The molecule has 0 amide bonds. The lowest BCUT2D eigenvalue weighted by molar-refractivity contribution is 0.418. The fraction of sp³-hybridized carbons (Fsp3) is 0.333. The van der Waals surface area contributed by atoms with E-state index < -0.39 is 0 Å². The molecule has 0 aromatic carbocycles. The van der Waals surface area contributed by atoms with Crippen LogP contribution in [0.5, 0.6) is 0 Å². The van der Waals surface area contributed by atoms with Crippen LogP contribution in [0.25, 0.3) is 0 Å². The summed E-state index contributed by atoms with van der Waals surface area (Å²) in [4.78, 5) is 4.24. The van der Waals surface area contributed by atoms with Crippen LogP contribution in [0.1, 0.15) is 11.4 Å². The molecule has 0 fully saturated rings. The molecule has 0 aliphatic heterocycles. The molecule has 2 rings (SSSR count). The topological polar surface area (TPSA) is 55.9 Å². The summed E-state index contributed by atoms with van der Waals surface area (Å²) >= 11 is 0. The quantitative estimate of drug-likeness (QED) is 0.772. The number of hydrogen-bond donors (Lipinski definition) is 1. The molecule has 0 aliphatic rings. The van der Waals surface area contributed by atoms with Gasteiger partial charge < -0.3 is 14.4 Å². The summed E-state index contributed by atoms with van der Waals surface area (Å²) in [7, 11) is 1.90. The average molecular weight is 192 g/mol. The standard InChI is InChI=1S/C9H12N4O/c1-10-5-9-11-2-3-13(9)6-8-4-12-14-7-8/h2-4,7,10H,5-6H2,1H3. The summed E-state index contributed by atoms with van der Waals surface area (Å²) in [6.07, 6.45) is 7.09. The number of nitrogens with zero attached hydrogens (tertiary/aromatic N) is 3. The van der Waals surface area contributed by atoms with Crippen LogP contribution in [0.15, 0.2) is 29.4 Å². The molecule has 5 heteroatoms. The minimum atomic E-state index is 0.751. The first-order valence-corrected chi connectivity index (χ1v) is 4.43. The monoisotopic (exact) mass is 192 g/mol. The summed E-state index contributed by atoms with van der Waals surface area (Å²) < 4.78 is 6.82. The Morgan fingerprint density at radius 1 is 1.57 bits per heavy atom. The largest absolute Gasteiger partial charge is 0.364 e. The Bertz CT molecular complexity index is 379. The fourth-order valence-corrected chi connectivity index (χ4v) is 1.31. The van der Waals surface area contributed by atoms with Gasteiger partial charge >= 0.3 is 0 Å². The second-order valence-corrected chi connectivity index (χ2v) is 3.03. The van der Waals surface area contributed by atoms with E-state index in [0.29, 0.717) is 0 Å². The zero-order valence-electron chi connectivity index (χ0n) is 7.97. The molecule has 0 bridgehead atoms. The Labute approximate surface area is 81.7 Å². The third-order valence-electron chi connectivity index (χ3n) is 1.97. The SMILES string of the molecule is CNCc1nccn1Cc1cnoc1. The van der Waals surface area contributed by atoms with Gasteiger partial charge in [0.1, 0.15) is 12.1 Å². The molecule has 0 saturated heterocycles. The maximum absolute atomic E-state index is 4.76. The van der Waals surface area contributed by atoms with Gasteiger partial charge in [-0.25, -0.2) is 4.98 Å². The zero-order chi connectivity index (χ0) is 9.80. The molecule has 74 valence electrons. The molecular weight excluding hydrogens is 180 g/mol. The van der Waals surface area contributed by atoms with Gasteiger partial charge in [-0.3, -0.25) is 0 Å². The van der Waals surface area contributed by atoms with Crippen molar-refractivity contribution in [2.75, 3.05) is 7.05 Å². The second kappa shape index (κ2) is 4.06. The fourth-order valence-electron chi connectivity index (χ4n) is 1.31. The van der Waals surface area contributed by atoms with E-state index in [1.54, 1.807) is 18.7 Å². The molecule has 1 N–H and O–H groups in total. The highest BCUT2D eigenvalue weighted by atomic mass is 16.5. The molecule has 2 aromatic rings. The van der Waals surface area contributed by atoms with Crippen molar-refractivity contribution >= 4 is 0 Å². The highest BCUT2D eigenvalue weighted by molar-refractivity contribution is 5.04. The third-order valence-corrected chi connectivity index (χ3v) is 1.97. The minimum absolute atomic E-state index is 0.751. The molecule has 0 radical (unpaired) electrons. The van der Waals surface area contributed by atoms with Gasteiger partial charge in [0, 0.05) is 18.0 Å². The van der Waals surface area contributed by atoms with Gasteiger partial charge in [-0.05, 0) is 7.05 Å². The van der Waals surface area contributed by atoms with Crippen molar-refractivity contribution in [1.29, 1.82) is 0 Å². The van der Waals surface area contributed by atoms with Crippen molar-refractivity contribution in [2.24, 2.45) is 0 Å². The Hall–Kier alpha value is -1.62. The van der Waals surface area contributed by atoms with E-state index in [1.165, 1.54) is 0 Å². The van der Waals surface area contributed by atoms with Crippen LogP contribution in [0.4, 0.5) is 0 Å². The molecule has 0 atom stereocenters. The van der Waals surface area contributed by atoms with Crippen molar-refractivity contribution in [2.45, 2.75) is 13.1 Å². The normalized spacial score (nSPS) is 10.6. The van der Waals surface area contributed by atoms with Crippen molar-refractivity contribution in [1.82, 2.24) is 20.0 Å². The number of nitrogens with one attached hydrogen (secondary N) is 1. The van der Waals surface area contributed by atoms with Gasteiger partial charge in [-0.1, -0.05) is 5.16 Å². The smallest absolute Gasteiger partial charge is 0.128 e. The molecule has 0 unspecified atom stereocenters. The number of imidazole rings is 1. The molecule has 2 aromatic heterocycles. The molecule has 0 aliphatic carbocycles. The van der Waals surface area contributed by atoms with E-state index in [1.807, 2.05) is 13.2 Å². The molecule has 2 heterocycles. The maximum atomic E-state index is 4.76. The van der Waals surface area contributed by atoms with Gasteiger partial charge in [-0.15, -0.1) is 0 Å². The van der Waals surface area contributed by atoms with Gasteiger partial charge in [-0.2, -0.15) is 0 Å². The Kier molecular flexibility index (Phi) is 2.60. The first-order valence-electron chi connectivity index (χ1n) is 4.43. The highest BCUT2D eigenvalue weighted by Crippen LogP contribution is 2.04. The third kappa shape index (κ3) is 1.82. The number of rotatable bonds is 4. The highest BCUT2D eigenvalue weighted by Gasteiger charge is 2.03. The lowest BCUT2D eigenvalue weighted by Gasteiger charge is -2.04. The average Bonchev–Trinajstić information content (AvgIpc) is 2.80. The molecule has 5 nitrogen and oxygen atoms in total. The summed E-state index contributed by atoms with van der Waals surface area (Å²) in [6, 6.07) is 0.